The Morgan fingerprint density at radius 3 is 2.57 bits per heavy atom. The summed E-state index contributed by atoms with van der Waals surface area (Å²) < 4.78 is 11.6. The van der Waals surface area contributed by atoms with Gasteiger partial charge in [-0.3, -0.25) is 4.79 Å². The Kier molecular flexibility index (Phi) is 6.34. The van der Waals surface area contributed by atoms with Crippen molar-refractivity contribution in [2.24, 2.45) is 5.92 Å². The highest BCUT2D eigenvalue weighted by Gasteiger charge is 2.50. The molecule has 2 N–H and O–H groups in total. The normalized spacial score (nSPS) is 24.5. The van der Waals surface area contributed by atoms with Crippen molar-refractivity contribution in [2.75, 3.05) is 13.2 Å². The zero-order valence-electron chi connectivity index (χ0n) is 16.4. The summed E-state index contributed by atoms with van der Waals surface area (Å²) in [5.74, 6) is 0.334. The molecule has 1 amide bonds. The van der Waals surface area contributed by atoms with Crippen LogP contribution in [0.5, 0.6) is 0 Å². The second kappa shape index (κ2) is 8.41. The summed E-state index contributed by atoms with van der Waals surface area (Å²) in [6.07, 6.45) is 1.94. The quantitative estimate of drug-likeness (QED) is 0.486. The molecule has 1 aliphatic carbocycles. The molecule has 1 aliphatic heterocycles. The monoisotopic (exact) mass is 499 g/mol. The average molecular weight is 499 g/mol. The van der Waals surface area contributed by atoms with Gasteiger partial charge in [0, 0.05) is 15.7 Å². The number of aliphatic hydroxyl groups is 1. The van der Waals surface area contributed by atoms with E-state index in [1.807, 2.05) is 26.0 Å². The third kappa shape index (κ3) is 3.91. The number of rotatable bonds is 4. The van der Waals surface area contributed by atoms with E-state index in [0.29, 0.717) is 24.2 Å². The van der Waals surface area contributed by atoms with Crippen LogP contribution in [0.15, 0.2) is 17.9 Å². The van der Waals surface area contributed by atoms with Gasteiger partial charge in [-0.2, -0.15) is 0 Å². The number of amides is 1. The highest BCUT2D eigenvalue weighted by molar-refractivity contribution is 14.1. The van der Waals surface area contributed by atoms with Crippen LogP contribution >= 0.6 is 22.6 Å². The van der Waals surface area contributed by atoms with E-state index >= 15 is 0 Å². The minimum Gasteiger partial charge on any atom is -0.434 e. The van der Waals surface area contributed by atoms with E-state index in [9.17, 15) is 14.7 Å². The number of aryl methyl sites for hydroxylation is 2. The summed E-state index contributed by atoms with van der Waals surface area (Å²) in [7, 11) is 0. The van der Waals surface area contributed by atoms with Gasteiger partial charge in [0.15, 0.2) is 0 Å². The predicted molar refractivity (Wildman–Crippen MR) is 114 cm³/mol. The number of aliphatic hydroxyl groups excluding tert-OH is 1. The van der Waals surface area contributed by atoms with Gasteiger partial charge in [0.05, 0.1) is 17.7 Å². The van der Waals surface area contributed by atoms with Gasteiger partial charge in [-0.05, 0) is 92.2 Å². The summed E-state index contributed by atoms with van der Waals surface area (Å²) in [4.78, 5) is 25.3. The fourth-order valence-corrected chi connectivity index (χ4v) is 5.41. The molecule has 0 aromatic heterocycles. The minimum atomic E-state index is -0.796. The van der Waals surface area contributed by atoms with E-state index < -0.39 is 11.7 Å². The van der Waals surface area contributed by atoms with Crippen LogP contribution in [0.4, 0.5) is 4.79 Å². The molecule has 7 heteroatoms. The SMILES string of the molecule is CCOC(=O)OC1=C(c2c(C)cc(C)cc2I)C(=O)NC12CCC(CO)CC2. The molecule has 1 saturated carbocycles. The molecule has 0 saturated heterocycles. The number of hydrogen-bond donors (Lipinski definition) is 2. The van der Waals surface area contributed by atoms with Crippen molar-refractivity contribution in [3.05, 3.63) is 38.2 Å². The Morgan fingerprint density at radius 1 is 1.32 bits per heavy atom. The van der Waals surface area contributed by atoms with E-state index in [4.69, 9.17) is 9.47 Å². The maximum Gasteiger partial charge on any atom is 0.513 e. The summed E-state index contributed by atoms with van der Waals surface area (Å²) in [6.45, 7) is 6.01. The van der Waals surface area contributed by atoms with Crippen LogP contribution in [0.2, 0.25) is 0 Å². The molecule has 2 aliphatic rings. The van der Waals surface area contributed by atoms with Crippen molar-refractivity contribution in [1.82, 2.24) is 5.32 Å². The molecule has 0 radical (unpaired) electrons. The maximum absolute atomic E-state index is 13.1. The molecule has 1 heterocycles. The van der Waals surface area contributed by atoms with E-state index in [2.05, 4.69) is 27.9 Å². The lowest BCUT2D eigenvalue weighted by atomic mass is 9.75. The molecule has 1 spiro atoms. The molecule has 6 nitrogen and oxygen atoms in total. The first kappa shape index (κ1) is 21.1. The predicted octanol–water partition coefficient (Wildman–Crippen LogP) is 3.84. The second-order valence-electron chi connectivity index (χ2n) is 7.59. The van der Waals surface area contributed by atoms with Gasteiger partial charge in [0.1, 0.15) is 5.76 Å². The largest absolute Gasteiger partial charge is 0.513 e. The van der Waals surface area contributed by atoms with Crippen LogP contribution in [0.3, 0.4) is 0 Å². The van der Waals surface area contributed by atoms with E-state index in [0.717, 1.165) is 33.1 Å². The number of carbonyl (C=O) groups excluding carboxylic acids is 2. The number of carbonyl (C=O) groups is 2. The van der Waals surface area contributed by atoms with Crippen LogP contribution in [0, 0.1) is 23.3 Å². The highest BCUT2D eigenvalue weighted by atomic mass is 127. The molecule has 3 rings (SSSR count). The Morgan fingerprint density at radius 2 is 2.00 bits per heavy atom. The number of ether oxygens (including phenoxy) is 2. The maximum atomic E-state index is 13.1. The van der Waals surface area contributed by atoms with Gasteiger partial charge in [0.2, 0.25) is 0 Å². The van der Waals surface area contributed by atoms with Gasteiger partial charge < -0.3 is 19.9 Å². The number of hydrogen-bond acceptors (Lipinski definition) is 5. The molecule has 0 bridgehead atoms. The molecule has 0 unspecified atom stereocenters. The lowest BCUT2D eigenvalue weighted by Crippen LogP contribution is -2.48. The smallest absolute Gasteiger partial charge is 0.434 e. The Hall–Kier alpha value is -1.61. The standard InChI is InChI=1S/C21H26INO5/c1-4-27-20(26)28-18-17(16-13(3)9-12(2)10-15(16)22)19(25)23-21(18)7-5-14(11-24)6-8-21/h9-10,14,24H,4-8,11H2,1-3H3,(H,23,25). The fraction of sp³-hybridized carbons (Fsp3) is 0.524. The summed E-state index contributed by atoms with van der Waals surface area (Å²) in [6, 6.07) is 4.03. The van der Waals surface area contributed by atoms with Crippen LogP contribution in [0.1, 0.15) is 49.3 Å². The van der Waals surface area contributed by atoms with Crippen molar-refractivity contribution in [3.8, 4) is 0 Å². The first-order chi connectivity index (χ1) is 13.3. The molecule has 1 fully saturated rings. The van der Waals surface area contributed by atoms with Gasteiger partial charge >= 0.3 is 6.16 Å². The van der Waals surface area contributed by atoms with Crippen molar-refractivity contribution in [1.29, 1.82) is 0 Å². The first-order valence-electron chi connectivity index (χ1n) is 9.61. The summed E-state index contributed by atoms with van der Waals surface area (Å²) >= 11 is 2.22. The molecule has 1 aromatic rings. The summed E-state index contributed by atoms with van der Waals surface area (Å²) in [5.41, 5.74) is 2.54. The van der Waals surface area contributed by atoms with Crippen LogP contribution in [-0.2, 0) is 14.3 Å². The summed E-state index contributed by atoms with van der Waals surface area (Å²) in [5, 5.41) is 12.6. The molecular formula is C21H26INO5. The van der Waals surface area contributed by atoms with E-state index in [-0.39, 0.29) is 25.0 Å². The third-order valence-electron chi connectivity index (χ3n) is 5.59. The lowest BCUT2D eigenvalue weighted by molar-refractivity contribution is -0.116. The lowest BCUT2D eigenvalue weighted by Gasteiger charge is -2.37. The van der Waals surface area contributed by atoms with Gasteiger partial charge in [-0.1, -0.05) is 6.07 Å². The number of halogens is 1. The number of benzene rings is 1. The van der Waals surface area contributed by atoms with Crippen molar-refractivity contribution in [3.63, 3.8) is 0 Å². The molecule has 152 valence electrons. The Balaban J connectivity index is 2.12. The van der Waals surface area contributed by atoms with Crippen LogP contribution in [0.25, 0.3) is 5.57 Å². The first-order valence-corrected chi connectivity index (χ1v) is 10.7. The zero-order chi connectivity index (χ0) is 20.5. The van der Waals surface area contributed by atoms with Crippen molar-refractivity contribution < 1.29 is 24.2 Å². The fourth-order valence-electron chi connectivity index (χ4n) is 4.22. The number of nitrogens with one attached hydrogen (secondary N) is 1. The molecular weight excluding hydrogens is 473 g/mol. The average Bonchev–Trinajstić information content (AvgIpc) is 2.87. The van der Waals surface area contributed by atoms with E-state index in [1.165, 1.54) is 0 Å². The van der Waals surface area contributed by atoms with Gasteiger partial charge in [0.25, 0.3) is 5.91 Å². The van der Waals surface area contributed by atoms with Crippen LogP contribution in [-0.4, -0.2) is 35.9 Å². The second-order valence-corrected chi connectivity index (χ2v) is 8.75. The Labute approximate surface area is 178 Å². The minimum absolute atomic E-state index is 0.129. The van der Waals surface area contributed by atoms with E-state index in [1.54, 1.807) is 6.92 Å². The van der Waals surface area contributed by atoms with Crippen molar-refractivity contribution >= 4 is 40.2 Å². The third-order valence-corrected chi connectivity index (χ3v) is 6.44. The van der Waals surface area contributed by atoms with Crippen LogP contribution < -0.4 is 5.32 Å². The van der Waals surface area contributed by atoms with Gasteiger partial charge in [-0.15, -0.1) is 0 Å². The topological polar surface area (TPSA) is 84.9 Å². The highest BCUT2D eigenvalue weighted by Crippen LogP contribution is 2.45. The van der Waals surface area contributed by atoms with Crippen molar-refractivity contribution in [2.45, 2.75) is 52.0 Å². The zero-order valence-corrected chi connectivity index (χ0v) is 18.6. The Bertz CT molecular complexity index is 801. The molecule has 28 heavy (non-hydrogen) atoms. The molecule has 1 aromatic carbocycles. The van der Waals surface area contributed by atoms with Gasteiger partial charge in [-0.25, -0.2) is 4.79 Å². The molecule has 0 atom stereocenters.